The fraction of sp³-hybridized carbons (Fsp3) is 0.955. The standard InChI is InChI=1S/C22H42N2O4/c1-21(2,3)24-15-19(16-24)27-12-10-23(7)20(25)9-8-11-26-17-13-18(14-17)28-22(4,5)6/h17-19H,8-16H2,1-7H3. The number of nitrogens with zero attached hydrogens (tertiary/aromatic N) is 2. The highest BCUT2D eigenvalue weighted by Crippen LogP contribution is 2.30. The molecule has 0 aromatic carbocycles. The first kappa shape index (κ1) is 23.6. The molecular weight excluding hydrogens is 356 g/mol. The van der Waals surface area contributed by atoms with E-state index in [-0.39, 0.29) is 17.0 Å². The van der Waals surface area contributed by atoms with Crippen molar-refractivity contribution in [3.05, 3.63) is 0 Å². The second-order valence-corrected chi connectivity index (χ2v) is 10.3. The number of hydrogen-bond donors (Lipinski definition) is 0. The second-order valence-electron chi connectivity index (χ2n) is 10.3. The molecular formula is C22H42N2O4. The molecule has 6 nitrogen and oxygen atoms in total. The average molecular weight is 399 g/mol. The van der Waals surface area contributed by atoms with E-state index >= 15 is 0 Å². The van der Waals surface area contributed by atoms with Gasteiger partial charge in [0, 0.05) is 45.2 Å². The van der Waals surface area contributed by atoms with Crippen molar-refractivity contribution in [2.45, 2.75) is 96.7 Å². The molecule has 28 heavy (non-hydrogen) atoms. The molecule has 1 aliphatic heterocycles. The van der Waals surface area contributed by atoms with E-state index in [9.17, 15) is 4.79 Å². The first-order valence-corrected chi connectivity index (χ1v) is 10.8. The summed E-state index contributed by atoms with van der Waals surface area (Å²) in [6.07, 6.45) is 4.17. The number of ether oxygens (including phenoxy) is 3. The maximum Gasteiger partial charge on any atom is 0.222 e. The zero-order chi connectivity index (χ0) is 20.9. The molecule has 1 amide bonds. The monoisotopic (exact) mass is 398 g/mol. The maximum atomic E-state index is 12.2. The molecule has 1 aliphatic carbocycles. The van der Waals surface area contributed by atoms with Gasteiger partial charge in [-0.15, -0.1) is 0 Å². The summed E-state index contributed by atoms with van der Waals surface area (Å²) < 4.78 is 17.6. The van der Waals surface area contributed by atoms with Crippen LogP contribution in [-0.4, -0.2) is 85.1 Å². The minimum absolute atomic E-state index is 0.0824. The highest BCUT2D eigenvalue weighted by atomic mass is 16.5. The van der Waals surface area contributed by atoms with Crippen LogP contribution in [0.3, 0.4) is 0 Å². The topological polar surface area (TPSA) is 51.2 Å². The van der Waals surface area contributed by atoms with Crippen molar-refractivity contribution < 1.29 is 19.0 Å². The SMILES string of the molecule is CN(CCOC1CN(C(C)(C)C)C1)C(=O)CCCOC1CC(OC(C)(C)C)C1. The van der Waals surface area contributed by atoms with Crippen LogP contribution in [0.2, 0.25) is 0 Å². The summed E-state index contributed by atoms with van der Waals surface area (Å²) in [6, 6.07) is 0. The van der Waals surface area contributed by atoms with Gasteiger partial charge in [0.05, 0.1) is 30.5 Å². The lowest BCUT2D eigenvalue weighted by Gasteiger charge is -2.47. The number of likely N-dealkylation sites (N-methyl/N-ethyl adjacent to an activating group) is 1. The van der Waals surface area contributed by atoms with Gasteiger partial charge in [0.15, 0.2) is 0 Å². The molecule has 0 bridgehead atoms. The van der Waals surface area contributed by atoms with Crippen LogP contribution in [-0.2, 0) is 19.0 Å². The molecule has 0 aromatic rings. The van der Waals surface area contributed by atoms with Crippen molar-refractivity contribution >= 4 is 5.91 Å². The Hall–Kier alpha value is -0.690. The van der Waals surface area contributed by atoms with Crippen LogP contribution in [0.4, 0.5) is 0 Å². The van der Waals surface area contributed by atoms with Crippen LogP contribution in [0, 0.1) is 0 Å². The van der Waals surface area contributed by atoms with Gasteiger partial charge in [0.2, 0.25) is 5.91 Å². The van der Waals surface area contributed by atoms with E-state index in [1.807, 2.05) is 7.05 Å². The molecule has 1 saturated carbocycles. The summed E-state index contributed by atoms with van der Waals surface area (Å²) in [5.41, 5.74) is 0.135. The Bertz CT molecular complexity index is 486. The molecule has 2 rings (SSSR count). The van der Waals surface area contributed by atoms with Crippen LogP contribution in [0.15, 0.2) is 0 Å². The van der Waals surface area contributed by atoms with E-state index in [4.69, 9.17) is 14.2 Å². The first-order chi connectivity index (χ1) is 12.9. The Balaban J connectivity index is 1.44. The number of rotatable bonds is 10. The van der Waals surface area contributed by atoms with Crippen molar-refractivity contribution in [3.63, 3.8) is 0 Å². The normalized spacial score (nSPS) is 24.0. The summed E-state index contributed by atoms with van der Waals surface area (Å²) in [5, 5.41) is 0. The highest BCUT2D eigenvalue weighted by molar-refractivity contribution is 5.75. The van der Waals surface area contributed by atoms with Crippen molar-refractivity contribution in [2.75, 3.05) is 39.9 Å². The molecule has 1 heterocycles. The minimum atomic E-state index is -0.0824. The van der Waals surface area contributed by atoms with E-state index < -0.39 is 0 Å². The maximum absolute atomic E-state index is 12.2. The predicted octanol–water partition coefficient (Wildman–Crippen LogP) is 3.09. The van der Waals surface area contributed by atoms with E-state index in [2.05, 4.69) is 46.4 Å². The van der Waals surface area contributed by atoms with Gasteiger partial charge in [0.1, 0.15) is 0 Å². The van der Waals surface area contributed by atoms with Gasteiger partial charge in [0.25, 0.3) is 0 Å². The number of likely N-dealkylation sites (tertiary alicyclic amines) is 1. The number of hydrogen-bond acceptors (Lipinski definition) is 5. The van der Waals surface area contributed by atoms with Crippen molar-refractivity contribution in [3.8, 4) is 0 Å². The van der Waals surface area contributed by atoms with Crippen molar-refractivity contribution in [1.82, 2.24) is 9.80 Å². The molecule has 164 valence electrons. The largest absolute Gasteiger partial charge is 0.378 e. The molecule has 0 unspecified atom stereocenters. The Morgan fingerprint density at radius 2 is 1.57 bits per heavy atom. The van der Waals surface area contributed by atoms with E-state index in [1.54, 1.807) is 4.90 Å². The lowest BCUT2D eigenvalue weighted by Crippen LogP contribution is -2.59. The molecule has 0 spiro atoms. The van der Waals surface area contributed by atoms with Crippen LogP contribution in [0.5, 0.6) is 0 Å². The quantitative estimate of drug-likeness (QED) is 0.529. The van der Waals surface area contributed by atoms with Gasteiger partial charge in [-0.2, -0.15) is 0 Å². The summed E-state index contributed by atoms with van der Waals surface area (Å²) in [4.78, 5) is 16.4. The van der Waals surface area contributed by atoms with E-state index in [1.165, 1.54) is 0 Å². The highest BCUT2D eigenvalue weighted by Gasteiger charge is 2.35. The van der Waals surface area contributed by atoms with Gasteiger partial charge in [-0.3, -0.25) is 9.69 Å². The average Bonchev–Trinajstić information content (AvgIpc) is 2.47. The Morgan fingerprint density at radius 3 is 2.14 bits per heavy atom. The molecule has 6 heteroatoms. The third kappa shape index (κ3) is 7.97. The predicted molar refractivity (Wildman–Crippen MR) is 112 cm³/mol. The fourth-order valence-corrected chi connectivity index (χ4v) is 3.49. The zero-order valence-electron chi connectivity index (χ0n) is 19.1. The molecule has 2 aliphatic rings. The number of amides is 1. The molecule has 0 atom stereocenters. The fourth-order valence-electron chi connectivity index (χ4n) is 3.49. The first-order valence-electron chi connectivity index (χ1n) is 10.8. The lowest BCUT2D eigenvalue weighted by atomic mass is 9.91. The Kier molecular flexibility index (Phi) is 8.32. The number of carbonyl (C=O) groups is 1. The van der Waals surface area contributed by atoms with Crippen molar-refractivity contribution in [2.24, 2.45) is 0 Å². The van der Waals surface area contributed by atoms with Gasteiger partial charge < -0.3 is 19.1 Å². The van der Waals surface area contributed by atoms with Crippen LogP contribution in [0.1, 0.15) is 67.2 Å². The Labute approximate surface area is 171 Å². The molecule has 1 saturated heterocycles. The smallest absolute Gasteiger partial charge is 0.222 e. The summed E-state index contributed by atoms with van der Waals surface area (Å²) in [5.74, 6) is 0.166. The third-order valence-electron chi connectivity index (χ3n) is 5.46. The second kappa shape index (κ2) is 9.88. The van der Waals surface area contributed by atoms with Crippen molar-refractivity contribution in [1.29, 1.82) is 0 Å². The summed E-state index contributed by atoms with van der Waals surface area (Å²) >= 11 is 0. The van der Waals surface area contributed by atoms with Crippen LogP contribution in [0.25, 0.3) is 0 Å². The van der Waals surface area contributed by atoms with Gasteiger partial charge in [-0.1, -0.05) is 0 Å². The molecule has 0 radical (unpaired) electrons. The van der Waals surface area contributed by atoms with Crippen LogP contribution >= 0.6 is 0 Å². The van der Waals surface area contributed by atoms with Crippen LogP contribution < -0.4 is 0 Å². The summed E-state index contributed by atoms with van der Waals surface area (Å²) in [7, 11) is 1.86. The Morgan fingerprint density at radius 1 is 0.964 bits per heavy atom. The lowest BCUT2D eigenvalue weighted by molar-refractivity contribution is -0.150. The summed E-state index contributed by atoms with van der Waals surface area (Å²) in [6.45, 7) is 16.8. The third-order valence-corrected chi connectivity index (χ3v) is 5.46. The van der Waals surface area contributed by atoms with E-state index in [0.717, 1.165) is 32.4 Å². The van der Waals surface area contributed by atoms with Gasteiger partial charge in [-0.05, 0) is 60.8 Å². The van der Waals surface area contributed by atoms with Gasteiger partial charge in [-0.25, -0.2) is 0 Å². The van der Waals surface area contributed by atoms with Gasteiger partial charge >= 0.3 is 0 Å². The number of carbonyl (C=O) groups excluding carboxylic acids is 1. The zero-order valence-corrected chi connectivity index (χ0v) is 19.1. The molecule has 0 N–H and O–H groups in total. The molecule has 0 aromatic heterocycles. The minimum Gasteiger partial charge on any atom is -0.378 e. The van der Waals surface area contributed by atoms with E-state index in [0.29, 0.717) is 44.5 Å². The molecule has 2 fully saturated rings.